The molecule has 0 aliphatic heterocycles. The largest absolute Gasteiger partial charge is 0.271 e. The van der Waals surface area contributed by atoms with E-state index in [0.29, 0.717) is 12.8 Å². The molecular formula is C8H14F2N2. The summed E-state index contributed by atoms with van der Waals surface area (Å²) in [5, 5.41) is 0. The standard InChI is InChI=1S/C8H14F2N2/c9-8(10)5-2-1-3-7(12-11)4-6-8/h2,5,7,12H,1,3-4,6,11H2/b5-2-. The van der Waals surface area contributed by atoms with Crippen molar-refractivity contribution >= 4 is 0 Å². The van der Waals surface area contributed by atoms with Crippen LogP contribution in [0.15, 0.2) is 12.2 Å². The van der Waals surface area contributed by atoms with E-state index < -0.39 is 5.92 Å². The summed E-state index contributed by atoms with van der Waals surface area (Å²) in [6, 6.07) is 0.0285. The Hall–Kier alpha value is -0.480. The Morgan fingerprint density at radius 2 is 2.17 bits per heavy atom. The van der Waals surface area contributed by atoms with Gasteiger partial charge in [-0.25, -0.2) is 8.78 Å². The summed E-state index contributed by atoms with van der Waals surface area (Å²) in [6.07, 6.45) is 4.36. The zero-order valence-corrected chi connectivity index (χ0v) is 6.89. The molecule has 1 atom stereocenters. The maximum absolute atomic E-state index is 12.8. The molecule has 0 spiro atoms. The van der Waals surface area contributed by atoms with Crippen LogP contribution in [0.25, 0.3) is 0 Å². The van der Waals surface area contributed by atoms with Crippen LogP contribution in [0.3, 0.4) is 0 Å². The number of allylic oxidation sites excluding steroid dienone is 2. The highest BCUT2D eigenvalue weighted by molar-refractivity contribution is 4.97. The van der Waals surface area contributed by atoms with Gasteiger partial charge in [-0.1, -0.05) is 6.08 Å². The number of rotatable bonds is 1. The van der Waals surface area contributed by atoms with Gasteiger partial charge in [-0.3, -0.25) is 11.3 Å². The SMILES string of the molecule is NNC1CC/C=C\C(F)(F)CC1. The molecule has 1 aliphatic carbocycles. The van der Waals surface area contributed by atoms with E-state index in [1.165, 1.54) is 6.08 Å². The van der Waals surface area contributed by atoms with Crippen LogP contribution in [0.4, 0.5) is 8.78 Å². The molecular weight excluding hydrogens is 162 g/mol. The molecule has 1 unspecified atom stereocenters. The van der Waals surface area contributed by atoms with Crippen molar-refractivity contribution in [2.45, 2.75) is 37.6 Å². The van der Waals surface area contributed by atoms with E-state index in [0.717, 1.165) is 12.5 Å². The molecule has 0 bridgehead atoms. The number of nitrogens with two attached hydrogens (primary N) is 1. The van der Waals surface area contributed by atoms with E-state index in [9.17, 15) is 8.78 Å². The molecule has 1 rings (SSSR count). The summed E-state index contributed by atoms with van der Waals surface area (Å²) in [7, 11) is 0. The van der Waals surface area contributed by atoms with Crippen molar-refractivity contribution in [2.24, 2.45) is 5.84 Å². The van der Waals surface area contributed by atoms with Crippen LogP contribution >= 0.6 is 0 Å². The van der Waals surface area contributed by atoms with Gasteiger partial charge in [0.05, 0.1) is 0 Å². The monoisotopic (exact) mass is 176 g/mol. The molecule has 0 saturated heterocycles. The van der Waals surface area contributed by atoms with E-state index in [1.807, 2.05) is 0 Å². The maximum Gasteiger partial charge on any atom is 0.266 e. The predicted molar refractivity (Wildman–Crippen MR) is 43.7 cm³/mol. The van der Waals surface area contributed by atoms with Gasteiger partial charge in [-0.15, -0.1) is 0 Å². The Morgan fingerprint density at radius 3 is 2.83 bits per heavy atom. The predicted octanol–water partition coefficient (Wildman–Crippen LogP) is 1.58. The minimum Gasteiger partial charge on any atom is -0.271 e. The van der Waals surface area contributed by atoms with Crippen molar-refractivity contribution in [3.63, 3.8) is 0 Å². The number of nitrogens with one attached hydrogen (secondary N) is 1. The Balaban J connectivity index is 2.51. The second-order valence-electron chi connectivity index (χ2n) is 3.14. The normalized spacial score (nSPS) is 32.1. The quantitative estimate of drug-likeness (QED) is 0.361. The molecule has 0 aromatic heterocycles. The van der Waals surface area contributed by atoms with Crippen LogP contribution in [-0.4, -0.2) is 12.0 Å². The molecule has 0 aromatic rings. The first kappa shape index (κ1) is 9.61. The highest BCUT2D eigenvalue weighted by Gasteiger charge is 2.27. The number of hydrogen-bond donors (Lipinski definition) is 2. The van der Waals surface area contributed by atoms with Gasteiger partial charge in [0.1, 0.15) is 0 Å². The minimum atomic E-state index is -2.64. The van der Waals surface area contributed by atoms with Gasteiger partial charge in [0.25, 0.3) is 5.92 Å². The molecule has 0 aromatic carbocycles. The van der Waals surface area contributed by atoms with Crippen molar-refractivity contribution in [3.8, 4) is 0 Å². The van der Waals surface area contributed by atoms with E-state index in [4.69, 9.17) is 5.84 Å². The van der Waals surface area contributed by atoms with Gasteiger partial charge < -0.3 is 0 Å². The third-order valence-corrected chi connectivity index (χ3v) is 2.11. The Bertz CT molecular complexity index is 168. The van der Waals surface area contributed by atoms with Gasteiger partial charge in [0, 0.05) is 12.5 Å². The van der Waals surface area contributed by atoms with Crippen molar-refractivity contribution in [3.05, 3.63) is 12.2 Å². The molecule has 2 nitrogen and oxygen atoms in total. The fraction of sp³-hybridized carbons (Fsp3) is 0.750. The van der Waals surface area contributed by atoms with E-state index in [2.05, 4.69) is 5.43 Å². The van der Waals surface area contributed by atoms with Crippen LogP contribution in [0, 0.1) is 0 Å². The number of alkyl halides is 2. The van der Waals surface area contributed by atoms with Crippen LogP contribution < -0.4 is 11.3 Å². The van der Waals surface area contributed by atoms with Crippen LogP contribution in [0.1, 0.15) is 25.7 Å². The Morgan fingerprint density at radius 1 is 1.42 bits per heavy atom. The lowest BCUT2D eigenvalue weighted by Gasteiger charge is -2.20. The summed E-state index contributed by atoms with van der Waals surface area (Å²) in [5.41, 5.74) is 2.54. The average Bonchev–Trinajstić information content (AvgIpc) is 2.00. The van der Waals surface area contributed by atoms with E-state index in [-0.39, 0.29) is 12.5 Å². The van der Waals surface area contributed by atoms with Gasteiger partial charge in [0.2, 0.25) is 0 Å². The lowest BCUT2D eigenvalue weighted by Crippen LogP contribution is -2.36. The van der Waals surface area contributed by atoms with E-state index in [1.54, 1.807) is 0 Å². The second-order valence-corrected chi connectivity index (χ2v) is 3.14. The van der Waals surface area contributed by atoms with Crippen molar-refractivity contribution in [1.82, 2.24) is 5.43 Å². The molecule has 12 heavy (non-hydrogen) atoms. The summed E-state index contributed by atoms with van der Waals surface area (Å²) in [5.74, 6) is 2.55. The molecule has 1 aliphatic rings. The van der Waals surface area contributed by atoms with Crippen LogP contribution in [0.2, 0.25) is 0 Å². The minimum absolute atomic E-state index is 0.0285. The lowest BCUT2D eigenvalue weighted by atomic mass is 9.99. The fourth-order valence-corrected chi connectivity index (χ4v) is 1.31. The third kappa shape index (κ3) is 2.87. The number of hydrazine groups is 1. The third-order valence-electron chi connectivity index (χ3n) is 2.11. The molecule has 70 valence electrons. The maximum atomic E-state index is 12.8. The number of hydrogen-bond acceptors (Lipinski definition) is 2. The molecule has 3 N–H and O–H groups in total. The Labute approximate surface area is 70.8 Å². The van der Waals surface area contributed by atoms with Crippen molar-refractivity contribution in [1.29, 1.82) is 0 Å². The molecule has 0 radical (unpaired) electrons. The van der Waals surface area contributed by atoms with Gasteiger partial charge in [-0.2, -0.15) is 0 Å². The van der Waals surface area contributed by atoms with Gasteiger partial charge in [-0.05, 0) is 25.3 Å². The fourth-order valence-electron chi connectivity index (χ4n) is 1.31. The molecule has 0 heterocycles. The van der Waals surface area contributed by atoms with E-state index >= 15 is 0 Å². The smallest absolute Gasteiger partial charge is 0.266 e. The molecule has 0 saturated carbocycles. The van der Waals surface area contributed by atoms with Crippen LogP contribution in [-0.2, 0) is 0 Å². The number of halogens is 2. The highest BCUT2D eigenvalue weighted by atomic mass is 19.3. The topological polar surface area (TPSA) is 38.0 Å². The first-order chi connectivity index (χ1) is 5.64. The summed E-state index contributed by atoms with van der Waals surface area (Å²) in [4.78, 5) is 0. The molecule has 4 heteroatoms. The van der Waals surface area contributed by atoms with Gasteiger partial charge >= 0.3 is 0 Å². The first-order valence-corrected chi connectivity index (χ1v) is 4.16. The second kappa shape index (κ2) is 3.96. The first-order valence-electron chi connectivity index (χ1n) is 4.16. The average molecular weight is 176 g/mol. The Kier molecular flexibility index (Phi) is 3.17. The zero-order chi connectivity index (χ0) is 9.03. The zero-order valence-electron chi connectivity index (χ0n) is 6.89. The summed E-state index contributed by atoms with van der Waals surface area (Å²) in [6.45, 7) is 0. The van der Waals surface area contributed by atoms with Crippen molar-refractivity contribution in [2.75, 3.05) is 0 Å². The molecule has 0 fully saturated rings. The summed E-state index contributed by atoms with van der Waals surface area (Å²) < 4.78 is 25.6. The molecule has 0 amide bonds. The van der Waals surface area contributed by atoms with Gasteiger partial charge in [0.15, 0.2) is 0 Å². The highest BCUT2D eigenvalue weighted by Crippen LogP contribution is 2.26. The van der Waals surface area contributed by atoms with Crippen molar-refractivity contribution < 1.29 is 8.78 Å². The lowest BCUT2D eigenvalue weighted by molar-refractivity contribution is 0.0382. The van der Waals surface area contributed by atoms with Crippen LogP contribution in [0.5, 0.6) is 0 Å². The summed E-state index contributed by atoms with van der Waals surface area (Å²) >= 11 is 0.